The molecule has 2 amide bonds. The predicted octanol–water partition coefficient (Wildman–Crippen LogP) is 0.404. The average Bonchev–Trinajstić information content (AvgIpc) is 2.24. The van der Waals surface area contributed by atoms with Crippen LogP contribution in [0.1, 0.15) is 41.0 Å². The van der Waals surface area contributed by atoms with Gasteiger partial charge in [0.15, 0.2) is 0 Å². The maximum absolute atomic E-state index is 11.6. The van der Waals surface area contributed by atoms with Crippen LogP contribution in [0, 0.1) is 0 Å². The number of carbonyl (C=O) groups excluding carboxylic acids is 2. The Morgan fingerprint density at radius 1 is 1.06 bits per heavy atom. The molecule has 5 heteroatoms. The SMILES string of the molecule is CCC(C)NC(=O)C(C)NCC(=O)NC(C)C. The van der Waals surface area contributed by atoms with Crippen molar-refractivity contribution in [1.29, 1.82) is 0 Å². The van der Waals surface area contributed by atoms with Gasteiger partial charge in [-0.25, -0.2) is 0 Å². The molecular formula is C12H25N3O2. The zero-order chi connectivity index (χ0) is 13.4. The Labute approximate surface area is 104 Å². The normalized spacial score (nSPS) is 14.2. The van der Waals surface area contributed by atoms with Crippen LogP contribution in [-0.2, 0) is 9.59 Å². The van der Waals surface area contributed by atoms with Crippen LogP contribution in [0.25, 0.3) is 0 Å². The van der Waals surface area contributed by atoms with Crippen LogP contribution < -0.4 is 16.0 Å². The fourth-order valence-electron chi connectivity index (χ4n) is 1.18. The van der Waals surface area contributed by atoms with Crippen molar-refractivity contribution in [3.8, 4) is 0 Å². The predicted molar refractivity (Wildman–Crippen MR) is 68.6 cm³/mol. The number of hydrogen-bond acceptors (Lipinski definition) is 3. The van der Waals surface area contributed by atoms with Gasteiger partial charge in [-0.2, -0.15) is 0 Å². The Morgan fingerprint density at radius 2 is 1.65 bits per heavy atom. The van der Waals surface area contributed by atoms with Crippen LogP contribution in [0.3, 0.4) is 0 Å². The minimum absolute atomic E-state index is 0.0725. The Hall–Kier alpha value is -1.10. The van der Waals surface area contributed by atoms with E-state index in [2.05, 4.69) is 16.0 Å². The third kappa shape index (κ3) is 7.74. The highest BCUT2D eigenvalue weighted by Gasteiger charge is 2.15. The maximum Gasteiger partial charge on any atom is 0.237 e. The first-order valence-electron chi connectivity index (χ1n) is 6.19. The van der Waals surface area contributed by atoms with Crippen molar-refractivity contribution < 1.29 is 9.59 Å². The molecule has 5 nitrogen and oxygen atoms in total. The van der Waals surface area contributed by atoms with Gasteiger partial charge in [0.05, 0.1) is 12.6 Å². The zero-order valence-corrected chi connectivity index (χ0v) is 11.5. The number of nitrogens with one attached hydrogen (secondary N) is 3. The van der Waals surface area contributed by atoms with E-state index in [0.717, 1.165) is 6.42 Å². The first kappa shape index (κ1) is 15.9. The first-order chi connectivity index (χ1) is 7.86. The highest BCUT2D eigenvalue weighted by molar-refractivity contribution is 5.83. The van der Waals surface area contributed by atoms with Gasteiger partial charge in [-0.1, -0.05) is 6.92 Å². The Balaban J connectivity index is 3.89. The molecule has 0 saturated heterocycles. The van der Waals surface area contributed by atoms with E-state index in [-0.39, 0.29) is 36.5 Å². The van der Waals surface area contributed by atoms with Crippen LogP contribution in [0.2, 0.25) is 0 Å². The molecule has 0 aromatic heterocycles. The Bertz CT molecular complexity index is 254. The van der Waals surface area contributed by atoms with Gasteiger partial charge >= 0.3 is 0 Å². The van der Waals surface area contributed by atoms with Crippen molar-refractivity contribution in [1.82, 2.24) is 16.0 Å². The summed E-state index contributed by atoms with van der Waals surface area (Å²) in [5, 5.41) is 8.51. The summed E-state index contributed by atoms with van der Waals surface area (Å²) in [6.45, 7) is 9.68. The molecular weight excluding hydrogens is 218 g/mol. The van der Waals surface area contributed by atoms with E-state index in [4.69, 9.17) is 0 Å². The summed E-state index contributed by atoms with van der Waals surface area (Å²) in [4.78, 5) is 23.0. The van der Waals surface area contributed by atoms with Crippen molar-refractivity contribution in [3.05, 3.63) is 0 Å². The van der Waals surface area contributed by atoms with Crippen LogP contribution in [0.15, 0.2) is 0 Å². The van der Waals surface area contributed by atoms with E-state index >= 15 is 0 Å². The molecule has 0 bridgehead atoms. The lowest BCUT2D eigenvalue weighted by Crippen LogP contribution is -2.48. The minimum atomic E-state index is -0.359. The van der Waals surface area contributed by atoms with Crippen LogP contribution in [0.4, 0.5) is 0 Å². The lowest BCUT2D eigenvalue weighted by atomic mass is 10.2. The average molecular weight is 243 g/mol. The standard InChI is InChI=1S/C12H25N3O2/c1-6-9(4)15-12(17)10(5)13-7-11(16)14-8(2)3/h8-10,13H,6-7H2,1-5H3,(H,14,16)(H,15,17). The second-order valence-electron chi connectivity index (χ2n) is 4.64. The largest absolute Gasteiger partial charge is 0.353 e. The van der Waals surface area contributed by atoms with E-state index < -0.39 is 0 Å². The summed E-state index contributed by atoms with van der Waals surface area (Å²) >= 11 is 0. The van der Waals surface area contributed by atoms with E-state index in [9.17, 15) is 9.59 Å². The summed E-state index contributed by atoms with van der Waals surface area (Å²) in [5.41, 5.74) is 0. The quantitative estimate of drug-likeness (QED) is 0.606. The van der Waals surface area contributed by atoms with Gasteiger partial charge in [0, 0.05) is 12.1 Å². The molecule has 0 aromatic carbocycles. The van der Waals surface area contributed by atoms with Crippen LogP contribution >= 0.6 is 0 Å². The molecule has 17 heavy (non-hydrogen) atoms. The molecule has 2 atom stereocenters. The van der Waals surface area contributed by atoms with Gasteiger partial charge in [-0.3, -0.25) is 14.9 Å². The first-order valence-corrected chi connectivity index (χ1v) is 6.19. The lowest BCUT2D eigenvalue weighted by molar-refractivity contribution is -0.124. The second kappa shape index (κ2) is 8.06. The molecule has 2 unspecified atom stereocenters. The molecule has 0 heterocycles. The molecule has 0 aliphatic rings. The molecule has 0 aliphatic carbocycles. The molecule has 0 spiro atoms. The fraction of sp³-hybridized carbons (Fsp3) is 0.833. The van der Waals surface area contributed by atoms with Gasteiger partial charge < -0.3 is 10.6 Å². The monoisotopic (exact) mass is 243 g/mol. The molecule has 0 fully saturated rings. The Kier molecular flexibility index (Phi) is 7.54. The van der Waals surface area contributed by atoms with Crippen LogP contribution in [-0.4, -0.2) is 36.5 Å². The number of rotatable bonds is 7. The van der Waals surface area contributed by atoms with E-state index in [1.807, 2.05) is 27.7 Å². The van der Waals surface area contributed by atoms with Gasteiger partial charge in [-0.15, -0.1) is 0 Å². The molecule has 0 radical (unpaired) electrons. The summed E-state index contributed by atoms with van der Waals surface area (Å²) in [6, 6.07) is -0.0771. The second-order valence-corrected chi connectivity index (χ2v) is 4.64. The van der Waals surface area contributed by atoms with Gasteiger partial charge in [-0.05, 0) is 34.1 Å². The fourth-order valence-corrected chi connectivity index (χ4v) is 1.18. The molecule has 0 rings (SSSR count). The van der Waals surface area contributed by atoms with Crippen LogP contribution in [0.5, 0.6) is 0 Å². The van der Waals surface area contributed by atoms with Crippen molar-refractivity contribution in [2.45, 2.75) is 59.2 Å². The highest BCUT2D eigenvalue weighted by atomic mass is 16.2. The minimum Gasteiger partial charge on any atom is -0.353 e. The molecule has 0 aliphatic heterocycles. The van der Waals surface area contributed by atoms with E-state index in [0.29, 0.717) is 0 Å². The summed E-state index contributed by atoms with van der Waals surface area (Å²) in [7, 11) is 0. The van der Waals surface area contributed by atoms with Gasteiger partial charge in [0.25, 0.3) is 0 Å². The highest BCUT2D eigenvalue weighted by Crippen LogP contribution is 1.90. The zero-order valence-electron chi connectivity index (χ0n) is 11.5. The number of carbonyl (C=O) groups is 2. The number of amides is 2. The Morgan fingerprint density at radius 3 is 2.12 bits per heavy atom. The summed E-state index contributed by atoms with van der Waals surface area (Å²) < 4.78 is 0. The van der Waals surface area contributed by atoms with Crippen molar-refractivity contribution in [2.75, 3.05) is 6.54 Å². The molecule has 0 saturated carbocycles. The summed E-state index contributed by atoms with van der Waals surface area (Å²) in [6.07, 6.45) is 0.895. The third-order valence-corrected chi connectivity index (χ3v) is 2.41. The molecule has 3 N–H and O–H groups in total. The maximum atomic E-state index is 11.6. The van der Waals surface area contributed by atoms with Gasteiger partial charge in [0.1, 0.15) is 0 Å². The summed E-state index contributed by atoms with van der Waals surface area (Å²) in [5.74, 6) is -0.167. The van der Waals surface area contributed by atoms with Crippen molar-refractivity contribution in [2.24, 2.45) is 0 Å². The van der Waals surface area contributed by atoms with Crippen molar-refractivity contribution in [3.63, 3.8) is 0 Å². The van der Waals surface area contributed by atoms with Gasteiger partial charge in [0.2, 0.25) is 11.8 Å². The molecule has 0 aromatic rings. The van der Waals surface area contributed by atoms with Crippen molar-refractivity contribution >= 4 is 11.8 Å². The third-order valence-electron chi connectivity index (χ3n) is 2.41. The number of hydrogen-bond donors (Lipinski definition) is 3. The topological polar surface area (TPSA) is 70.2 Å². The lowest BCUT2D eigenvalue weighted by Gasteiger charge is -2.17. The molecule has 100 valence electrons. The van der Waals surface area contributed by atoms with E-state index in [1.54, 1.807) is 6.92 Å². The van der Waals surface area contributed by atoms with E-state index in [1.165, 1.54) is 0 Å². The smallest absolute Gasteiger partial charge is 0.237 e.